The van der Waals surface area contributed by atoms with Crippen LogP contribution in [-0.2, 0) is 10.3 Å². The standard InChI is InChI=1S/C19H13FO2/c1-19(13-7-9-14(20)10-8-13)16-11-6-12-4-2-3-5-15(12)17(16)18(21)22-19/h2-11H,1H3. The number of ether oxygens (including phenoxy) is 1. The highest BCUT2D eigenvalue weighted by molar-refractivity contribution is 6.08. The Morgan fingerprint density at radius 1 is 0.955 bits per heavy atom. The Balaban J connectivity index is 1.99. The van der Waals surface area contributed by atoms with Crippen molar-refractivity contribution in [2.75, 3.05) is 0 Å². The highest BCUT2D eigenvalue weighted by Crippen LogP contribution is 2.44. The van der Waals surface area contributed by atoms with E-state index in [2.05, 4.69) is 0 Å². The Bertz CT molecular complexity index is 899. The van der Waals surface area contributed by atoms with Gasteiger partial charge in [0.2, 0.25) is 0 Å². The minimum Gasteiger partial charge on any atom is -0.446 e. The second kappa shape index (κ2) is 4.41. The van der Waals surface area contributed by atoms with E-state index in [1.54, 1.807) is 12.1 Å². The zero-order valence-electron chi connectivity index (χ0n) is 12.0. The summed E-state index contributed by atoms with van der Waals surface area (Å²) in [5.41, 5.74) is 1.30. The molecule has 0 aliphatic carbocycles. The maximum absolute atomic E-state index is 13.2. The first-order valence-corrected chi connectivity index (χ1v) is 7.11. The Labute approximate surface area is 127 Å². The largest absolute Gasteiger partial charge is 0.446 e. The van der Waals surface area contributed by atoms with Crippen LogP contribution in [0.5, 0.6) is 0 Å². The van der Waals surface area contributed by atoms with E-state index in [1.807, 2.05) is 43.3 Å². The Kier molecular flexibility index (Phi) is 2.61. The first-order chi connectivity index (χ1) is 10.6. The van der Waals surface area contributed by atoms with Crippen LogP contribution in [0.15, 0.2) is 60.7 Å². The molecule has 1 heterocycles. The normalized spacial score (nSPS) is 20.0. The molecule has 0 bridgehead atoms. The molecule has 1 aliphatic rings. The third-order valence-corrected chi connectivity index (χ3v) is 4.34. The monoisotopic (exact) mass is 292 g/mol. The number of hydrogen-bond acceptors (Lipinski definition) is 2. The molecule has 1 aliphatic heterocycles. The fourth-order valence-electron chi connectivity index (χ4n) is 3.16. The molecule has 0 saturated carbocycles. The molecule has 0 aromatic heterocycles. The second-order valence-electron chi connectivity index (χ2n) is 5.64. The fourth-order valence-corrected chi connectivity index (χ4v) is 3.16. The Morgan fingerprint density at radius 2 is 1.68 bits per heavy atom. The van der Waals surface area contributed by atoms with Crippen molar-refractivity contribution in [2.24, 2.45) is 0 Å². The van der Waals surface area contributed by atoms with Gasteiger partial charge in [-0.1, -0.05) is 48.5 Å². The number of hydrogen-bond donors (Lipinski definition) is 0. The van der Waals surface area contributed by atoms with Crippen LogP contribution in [0.25, 0.3) is 10.8 Å². The number of fused-ring (bicyclic) bond motifs is 3. The summed E-state index contributed by atoms with van der Waals surface area (Å²) in [5.74, 6) is -0.644. The molecule has 108 valence electrons. The lowest BCUT2D eigenvalue weighted by Gasteiger charge is -2.24. The number of benzene rings is 3. The van der Waals surface area contributed by atoms with Crippen LogP contribution in [0.1, 0.15) is 28.4 Å². The molecule has 22 heavy (non-hydrogen) atoms. The lowest BCUT2D eigenvalue weighted by atomic mass is 9.85. The maximum Gasteiger partial charge on any atom is 0.340 e. The number of esters is 1. The number of carbonyl (C=O) groups is 1. The predicted molar refractivity (Wildman–Crippen MR) is 82.2 cm³/mol. The molecule has 2 nitrogen and oxygen atoms in total. The van der Waals surface area contributed by atoms with E-state index in [1.165, 1.54) is 12.1 Å². The van der Waals surface area contributed by atoms with Gasteiger partial charge in [0.15, 0.2) is 5.60 Å². The van der Waals surface area contributed by atoms with Crippen LogP contribution >= 0.6 is 0 Å². The highest BCUT2D eigenvalue weighted by atomic mass is 19.1. The molecule has 3 heteroatoms. The van der Waals surface area contributed by atoms with E-state index in [4.69, 9.17) is 4.74 Å². The van der Waals surface area contributed by atoms with Crippen LogP contribution in [0.2, 0.25) is 0 Å². The molecule has 3 aromatic carbocycles. The molecule has 0 amide bonds. The summed E-state index contributed by atoms with van der Waals surface area (Å²) in [4.78, 5) is 12.4. The van der Waals surface area contributed by atoms with E-state index in [0.717, 1.165) is 21.9 Å². The number of halogens is 1. The van der Waals surface area contributed by atoms with Gasteiger partial charge in [-0.05, 0) is 29.8 Å². The van der Waals surface area contributed by atoms with Crippen molar-refractivity contribution in [1.29, 1.82) is 0 Å². The SMILES string of the molecule is CC1(c2ccc(F)cc2)OC(=O)c2c1ccc1ccccc21. The van der Waals surface area contributed by atoms with E-state index in [0.29, 0.717) is 5.56 Å². The summed E-state index contributed by atoms with van der Waals surface area (Å²) in [5, 5.41) is 1.89. The first-order valence-electron chi connectivity index (χ1n) is 7.11. The number of rotatable bonds is 1. The van der Waals surface area contributed by atoms with Gasteiger partial charge in [0, 0.05) is 11.1 Å². The van der Waals surface area contributed by atoms with E-state index < -0.39 is 5.60 Å². The maximum atomic E-state index is 13.2. The summed E-state index contributed by atoms with van der Waals surface area (Å²) >= 11 is 0. The minimum atomic E-state index is -0.885. The molecule has 0 fully saturated rings. The molecule has 3 aromatic rings. The number of carbonyl (C=O) groups excluding carboxylic acids is 1. The average Bonchev–Trinajstić information content (AvgIpc) is 2.80. The van der Waals surface area contributed by atoms with E-state index in [-0.39, 0.29) is 11.8 Å². The molecule has 1 unspecified atom stereocenters. The third-order valence-electron chi connectivity index (χ3n) is 4.34. The zero-order valence-corrected chi connectivity index (χ0v) is 12.0. The summed E-state index contributed by atoms with van der Waals surface area (Å²) in [7, 11) is 0. The molecule has 0 spiro atoms. The molecular formula is C19H13FO2. The minimum absolute atomic E-state index is 0.310. The van der Waals surface area contributed by atoms with Gasteiger partial charge in [0.25, 0.3) is 0 Å². The summed E-state index contributed by atoms with van der Waals surface area (Å²) < 4.78 is 18.9. The van der Waals surface area contributed by atoms with Crippen molar-refractivity contribution in [3.63, 3.8) is 0 Å². The van der Waals surface area contributed by atoms with Gasteiger partial charge >= 0.3 is 5.97 Å². The lowest BCUT2D eigenvalue weighted by molar-refractivity contribution is 0.0181. The molecular weight excluding hydrogens is 279 g/mol. The highest BCUT2D eigenvalue weighted by Gasteiger charge is 2.43. The van der Waals surface area contributed by atoms with Gasteiger partial charge in [-0.3, -0.25) is 0 Å². The topological polar surface area (TPSA) is 26.3 Å². The van der Waals surface area contributed by atoms with Crippen LogP contribution in [0, 0.1) is 5.82 Å². The van der Waals surface area contributed by atoms with Gasteiger partial charge in [-0.15, -0.1) is 0 Å². The van der Waals surface area contributed by atoms with Crippen molar-refractivity contribution in [2.45, 2.75) is 12.5 Å². The second-order valence-corrected chi connectivity index (χ2v) is 5.64. The zero-order chi connectivity index (χ0) is 15.3. The summed E-state index contributed by atoms with van der Waals surface area (Å²) in [6.07, 6.45) is 0. The lowest BCUT2D eigenvalue weighted by Crippen LogP contribution is -2.23. The van der Waals surface area contributed by atoms with Crippen molar-refractivity contribution in [1.82, 2.24) is 0 Å². The summed E-state index contributed by atoms with van der Waals surface area (Å²) in [6, 6.07) is 17.7. The van der Waals surface area contributed by atoms with Crippen LogP contribution in [-0.4, -0.2) is 5.97 Å². The molecule has 0 radical (unpaired) electrons. The van der Waals surface area contributed by atoms with Gasteiger partial charge in [0.1, 0.15) is 5.82 Å². The third kappa shape index (κ3) is 1.69. The van der Waals surface area contributed by atoms with Gasteiger partial charge in [-0.25, -0.2) is 9.18 Å². The van der Waals surface area contributed by atoms with E-state index in [9.17, 15) is 9.18 Å². The molecule has 1 atom stereocenters. The van der Waals surface area contributed by atoms with E-state index >= 15 is 0 Å². The van der Waals surface area contributed by atoms with Crippen molar-refractivity contribution >= 4 is 16.7 Å². The van der Waals surface area contributed by atoms with Crippen molar-refractivity contribution < 1.29 is 13.9 Å². The Morgan fingerprint density at radius 3 is 2.45 bits per heavy atom. The molecule has 0 saturated heterocycles. The predicted octanol–water partition coefficient (Wildman–Crippen LogP) is 4.41. The molecule has 0 N–H and O–H groups in total. The van der Waals surface area contributed by atoms with Gasteiger partial charge < -0.3 is 4.74 Å². The first kappa shape index (κ1) is 13.0. The van der Waals surface area contributed by atoms with Crippen LogP contribution in [0.3, 0.4) is 0 Å². The van der Waals surface area contributed by atoms with Crippen molar-refractivity contribution in [3.05, 3.63) is 83.2 Å². The Hall–Kier alpha value is -2.68. The summed E-state index contributed by atoms with van der Waals surface area (Å²) in [6.45, 7) is 1.85. The van der Waals surface area contributed by atoms with Crippen molar-refractivity contribution in [3.8, 4) is 0 Å². The average molecular weight is 292 g/mol. The fraction of sp³-hybridized carbons (Fsp3) is 0.105. The van der Waals surface area contributed by atoms with Crippen LogP contribution < -0.4 is 0 Å². The quantitative estimate of drug-likeness (QED) is 0.621. The smallest absolute Gasteiger partial charge is 0.340 e. The van der Waals surface area contributed by atoms with Gasteiger partial charge in [-0.2, -0.15) is 0 Å². The molecule has 4 rings (SSSR count). The van der Waals surface area contributed by atoms with Gasteiger partial charge in [0.05, 0.1) is 5.56 Å². The number of cyclic esters (lactones) is 1. The van der Waals surface area contributed by atoms with Crippen LogP contribution in [0.4, 0.5) is 4.39 Å².